The van der Waals surface area contributed by atoms with E-state index >= 15 is 0 Å². The molecule has 0 radical (unpaired) electrons. The van der Waals surface area contributed by atoms with E-state index in [-0.39, 0.29) is 30.3 Å². The second-order valence-electron chi connectivity index (χ2n) is 11.1. The number of carbonyl (C=O) groups is 2. The number of thiazole rings is 1. The molecule has 0 saturated carbocycles. The number of nitrogens with zero attached hydrogens (tertiary/aromatic N) is 3. The Labute approximate surface area is 287 Å². The molecule has 2 aliphatic heterocycles. The van der Waals surface area contributed by atoms with Crippen molar-refractivity contribution in [3.05, 3.63) is 115 Å². The third-order valence-corrected chi connectivity index (χ3v) is 9.06. The third kappa shape index (κ3) is 7.30. The molecule has 1 amide bonds. The molecule has 0 bridgehead atoms. The molecular formula is C37H37N3O8S. The molecule has 12 heteroatoms. The summed E-state index contributed by atoms with van der Waals surface area (Å²) in [5.41, 5.74) is 2.52. The van der Waals surface area contributed by atoms with Crippen molar-refractivity contribution in [2.75, 3.05) is 53.2 Å². The second kappa shape index (κ2) is 15.3. The van der Waals surface area contributed by atoms with E-state index < -0.39 is 12.0 Å². The fourth-order valence-electron chi connectivity index (χ4n) is 5.76. The first-order chi connectivity index (χ1) is 23.9. The highest BCUT2D eigenvalue weighted by molar-refractivity contribution is 7.07. The van der Waals surface area contributed by atoms with Gasteiger partial charge >= 0.3 is 5.97 Å². The molecular weight excluding hydrogens is 646 g/mol. The van der Waals surface area contributed by atoms with Gasteiger partial charge in [0.25, 0.3) is 11.5 Å². The molecule has 0 spiro atoms. The molecule has 3 heterocycles. The van der Waals surface area contributed by atoms with Gasteiger partial charge in [-0.3, -0.25) is 14.2 Å². The lowest BCUT2D eigenvalue weighted by Crippen LogP contribution is -2.43. The van der Waals surface area contributed by atoms with Gasteiger partial charge in [0.1, 0.15) is 5.75 Å². The van der Waals surface area contributed by atoms with Crippen LogP contribution in [0, 0.1) is 0 Å². The normalized spacial score (nSPS) is 16.1. The molecule has 1 fully saturated rings. The number of hydrogen-bond acceptors (Lipinski definition) is 10. The Hall–Kier alpha value is -5.20. The van der Waals surface area contributed by atoms with Gasteiger partial charge in [-0.1, -0.05) is 59.9 Å². The van der Waals surface area contributed by atoms with Crippen LogP contribution in [0.2, 0.25) is 0 Å². The Morgan fingerprint density at radius 1 is 0.959 bits per heavy atom. The summed E-state index contributed by atoms with van der Waals surface area (Å²) in [5, 5.41) is 0. The fourth-order valence-corrected chi connectivity index (χ4v) is 6.76. The van der Waals surface area contributed by atoms with Gasteiger partial charge in [-0.15, -0.1) is 0 Å². The molecule has 1 aromatic heterocycles. The lowest BCUT2D eigenvalue weighted by atomic mass is 9.93. The van der Waals surface area contributed by atoms with Crippen LogP contribution >= 0.6 is 11.3 Å². The van der Waals surface area contributed by atoms with Crippen molar-refractivity contribution in [2.45, 2.75) is 19.9 Å². The number of hydrogen-bond donors (Lipinski definition) is 0. The van der Waals surface area contributed by atoms with Crippen molar-refractivity contribution in [3.8, 4) is 17.2 Å². The van der Waals surface area contributed by atoms with Crippen LogP contribution in [0.15, 0.2) is 88.2 Å². The number of morpholine rings is 1. The van der Waals surface area contributed by atoms with Crippen LogP contribution in [-0.2, 0) is 19.1 Å². The number of carbonyl (C=O) groups excluding carboxylic acids is 2. The summed E-state index contributed by atoms with van der Waals surface area (Å²) < 4.78 is 29.9. The molecule has 1 atom stereocenters. The molecule has 49 heavy (non-hydrogen) atoms. The molecule has 11 nitrogen and oxygen atoms in total. The molecule has 0 aliphatic carbocycles. The van der Waals surface area contributed by atoms with Gasteiger partial charge in [-0.2, -0.15) is 0 Å². The van der Waals surface area contributed by atoms with Crippen LogP contribution in [0.1, 0.15) is 36.6 Å². The zero-order valence-electron chi connectivity index (χ0n) is 27.5. The maximum absolute atomic E-state index is 14.3. The monoisotopic (exact) mass is 683 g/mol. The number of ether oxygens (including phenoxy) is 5. The van der Waals surface area contributed by atoms with Crippen molar-refractivity contribution in [1.82, 2.24) is 9.47 Å². The van der Waals surface area contributed by atoms with E-state index in [9.17, 15) is 14.4 Å². The SMILES string of the molecule is CCOC(=O)C1=C(c2ccccc2)N=c2s/c(=C\c3ccc(OCC(=O)N4CCOCC4)c(OC)c3)c(=O)n2[C@@H]1c1ccc(OCC)cc1. The maximum atomic E-state index is 14.3. The molecule has 4 aromatic rings. The lowest BCUT2D eigenvalue weighted by Gasteiger charge is -2.26. The topological polar surface area (TPSA) is 118 Å². The fraction of sp³-hybridized carbons (Fsp3) is 0.297. The van der Waals surface area contributed by atoms with Crippen LogP contribution in [0.3, 0.4) is 0 Å². The van der Waals surface area contributed by atoms with Gasteiger partial charge in [0.2, 0.25) is 0 Å². The standard InChI is InChI=1S/C37H37N3O8S/c1-4-46-27-14-12-26(13-15-27)34-32(36(43)47-5-2)33(25-9-7-6-8-10-25)38-37-40(34)35(42)30(49-37)22-24-11-16-28(29(21-24)44-3)48-23-31(41)39-17-19-45-20-18-39/h6-16,21-22,34H,4-5,17-20,23H2,1-3H3/b30-22-/t34-/m1/s1. The number of fused-ring (bicyclic) bond motifs is 1. The van der Waals surface area contributed by atoms with Crippen LogP contribution < -0.4 is 29.1 Å². The first kappa shape index (κ1) is 33.7. The third-order valence-electron chi connectivity index (χ3n) is 8.08. The zero-order valence-corrected chi connectivity index (χ0v) is 28.4. The summed E-state index contributed by atoms with van der Waals surface area (Å²) in [6, 6.07) is 21.2. The minimum atomic E-state index is -0.808. The summed E-state index contributed by atoms with van der Waals surface area (Å²) in [6.07, 6.45) is 1.75. The van der Waals surface area contributed by atoms with Gasteiger partial charge in [-0.05, 0) is 55.3 Å². The van der Waals surface area contributed by atoms with Gasteiger partial charge in [-0.25, -0.2) is 9.79 Å². The zero-order chi connectivity index (χ0) is 34.3. The number of aromatic nitrogens is 1. The average molecular weight is 684 g/mol. The van der Waals surface area contributed by atoms with Gasteiger partial charge in [0, 0.05) is 18.7 Å². The average Bonchev–Trinajstić information content (AvgIpc) is 3.45. The van der Waals surface area contributed by atoms with Crippen molar-refractivity contribution >= 4 is 35.0 Å². The van der Waals surface area contributed by atoms with E-state index in [4.69, 9.17) is 28.7 Å². The number of benzene rings is 3. The number of methoxy groups -OCH3 is 1. The van der Waals surface area contributed by atoms with E-state index in [1.54, 1.807) is 40.7 Å². The molecule has 6 rings (SSSR count). The summed E-state index contributed by atoms with van der Waals surface area (Å²) in [6.45, 7) is 6.26. The van der Waals surface area contributed by atoms with Crippen LogP contribution in [-0.4, -0.2) is 74.6 Å². The largest absolute Gasteiger partial charge is 0.494 e. The van der Waals surface area contributed by atoms with Crippen LogP contribution in [0.4, 0.5) is 0 Å². The van der Waals surface area contributed by atoms with Crippen molar-refractivity contribution in [2.24, 2.45) is 4.99 Å². The predicted molar refractivity (Wildman–Crippen MR) is 185 cm³/mol. The van der Waals surface area contributed by atoms with Gasteiger partial charge in [0.15, 0.2) is 22.9 Å². The second-order valence-corrected chi connectivity index (χ2v) is 12.1. The summed E-state index contributed by atoms with van der Waals surface area (Å²) in [4.78, 5) is 47.6. The molecule has 2 aliphatic rings. The van der Waals surface area contributed by atoms with E-state index in [1.807, 2.05) is 61.5 Å². The Bertz CT molecular complexity index is 2030. The smallest absolute Gasteiger partial charge is 0.338 e. The van der Waals surface area contributed by atoms with Crippen molar-refractivity contribution in [1.29, 1.82) is 0 Å². The highest BCUT2D eigenvalue weighted by Gasteiger charge is 2.35. The van der Waals surface area contributed by atoms with E-state index in [0.29, 0.717) is 76.3 Å². The van der Waals surface area contributed by atoms with E-state index in [2.05, 4.69) is 0 Å². The Morgan fingerprint density at radius 2 is 1.71 bits per heavy atom. The number of rotatable bonds is 11. The first-order valence-corrected chi connectivity index (χ1v) is 16.9. The molecule has 254 valence electrons. The van der Waals surface area contributed by atoms with Gasteiger partial charge < -0.3 is 28.6 Å². The summed E-state index contributed by atoms with van der Waals surface area (Å²) in [7, 11) is 1.52. The van der Waals surface area contributed by atoms with Gasteiger partial charge in [0.05, 0.1) is 55.4 Å². The number of amides is 1. The molecule has 3 aromatic carbocycles. The summed E-state index contributed by atoms with van der Waals surface area (Å²) in [5.74, 6) is 0.820. The van der Waals surface area contributed by atoms with Crippen LogP contribution in [0.25, 0.3) is 11.8 Å². The first-order valence-electron chi connectivity index (χ1n) is 16.1. The molecule has 0 unspecified atom stereocenters. The summed E-state index contributed by atoms with van der Waals surface area (Å²) >= 11 is 1.22. The predicted octanol–water partition coefficient (Wildman–Crippen LogP) is 3.58. The maximum Gasteiger partial charge on any atom is 0.338 e. The Kier molecular flexibility index (Phi) is 10.6. The van der Waals surface area contributed by atoms with E-state index in [1.165, 1.54) is 18.4 Å². The highest BCUT2D eigenvalue weighted by Crippen LogP contribution is 2.36. The quantitative estimate of drug-likeness (QED) is 0.220. The molecule has 0 N–H and O–H groups in total. The minimum Gasteiger partial charge on any atom is -0.494 e. The minimum absolute atomic E-state index is 0.130. The number of esters is 1. The van der Waals surface area contributed by atoms with E-state index in [0.717, 1.165) is 5.56 Å². The Balaban J connectivity index is 1.42. The lowest BCUT2D eigenvalue weighted by molar-refractivity contribution is -0.139. The van der Waals surface area contributed by atoms with Crippen molar-refractivity contribution < 1.29 is 33.3 Å². The highest BCUT2D eigenvalue weighted by atomic mass is 32.1. The molecule has 1 saturated heterocycles. The van der Waals surface area contributed by atoms with Crippen LogP contribution in [0.5, 0.6) is 17.2 Å². The van der Waals surface area contributed by atoms with Crippen molar-refractivity contribution in [3.63, 3.8) is 0 Å². The Morgan fingerprint density at radius 3 is 2.41 bits per heavy atom.